The smallest absolute Gasteiger partial charge is 0.188 e. The number of nitrogens with one attached hydrogen (secondary N) is 1. The Labute approximate surface area is 273 Å². The third kappa shape index (κ3) is 7.00. The van der Waals surface area contributed by atoms with E-state index < -0.39 is 0 Å². The third-order valence-electron chi connectivity index (χ3n) is 8.24. The number of rotatable bonds is 11. The molecule has 1 aromatic heterocycles. The number of allylic oxidation sites excluding steroid dienone is 3. The molecule has 0 bridgehead atoms. The fraction of sp³-hybridized carbons (Fsp3) is 0.163. The van der Waals surface area contributed by atoms with Crippen molar-refractivity contribution >= 4 is 27.5 Å². The van der Waals surface area contributed by atoms with Crippen LogP contribution < -0.4 is 5.32 Å². The quantitative estimate of drug-likeness (QED) is 0.118. The van der Waals surface area contributed by atoms with Gasteiger partial charge in [-0.05, 0) is 85.9 Å². The van der Waals surface area contributed by atoms with Crippen molar-refractivity contribution in [1.29, 1.82) is 0 Å². The van der Waals surface area contributed by atoms with Gasteiger partial charge in [0.2, 0.25) is 0 Å². The third-order valence-corrected chi connectivity index (χ3v) is 8.24. The highest BCUT2D eigenvalue weighted by molar-refractivity contribution is 6.09. The molecule has 0 aliphatic rings. The number of aromatic nitrogens is 1. The van der Waals surface area contributed by atoms with E-state index in [4.69, 9.17) is 4.74 Å². The number of anilines is 1. The van der Waals surface area contributed by atoms with Gasteiger partial charge in [-0.3, -0.25) is 0 Å². The fourth-order valence-electron chi connectivity index (χ4n) is 6.10. The zero-order valence-corrected chi connectivity index (χ0v) is 27.0. The van der Waals surface area contributed by atoms with E-state index in [0.717, 1.165) is 12.1 Å². The number of ether oxygens (including phenoxy) is 1. The zero-order valence-electron chi connectivity index (χ0n) is 27.0. The SMILES string of the molecule is C=CCO/C(=C/C(/C=C\Cc1ccccc1)c1ccccc1)Nc1ccc(-c2ccc3c(c2)c2ccccc2n3C(C)(C)C)cc1. The maximum atomic E-state index is 6.14. The van der Waals surface area contributed by atoms with E-state index in [-0.39, 0.29) is 11.5 Å². The monoisotopic (exact) mass is 602 g/mol. The van der Waals surface area contributed by atoms with Crippen molar-refractivity contribution in [3.63, 3.8) is 0 Å². The summed E-state index contributed by atoms with van der Waals surface area (Å²) in [5.74, 6) is 0.737. The van der Waals surface area contributed by atoms with E-state index in [1.807, 2.05) is 6.07 Å². The Kier molecular flexibility index (Phi) is 9.21. The Morgan fingerprint density at radius 1 is 0.761 bits per heavy atom. The van der Waals surface area contributed by atoms with E-state index in [1.54, 1.807) is 6.08 Å². The van der Waals surface area contributed by atoms with Crippen LogP contribution in [0.3, 0.4) is 0 Å². The molecule has 0 fully saturated rings. The predicted molar refractivity (Wildman–Crippen MR) is 196 cm³/mol. The summed E-state index contributed by atoms with van der Waals surface area (Å²) < 4.78 is 8.59. The van der Waals surface area contributed by atoms with Crippen LogP contribution in [0.5, 0.6) is 0 Å². The van der Waals surface area contributed by atoms with Gasteiger partial charge in [0.25, 0.3) is 0 Å². The minimum Gasteiger partial charge on any atom is -0.475 e. The van der Waals surface area contributed by atoms with Gasteiger partial charge in [-0.2, -0.15) is 0 Å². The van der Waals surface area contributed by atoms with Crippen molar-refractivity contribution in [2.45, 2.75) is 38.6 Å². The van der Waals surface area contributed by atoms with Gasteiger partial charge in [-0.15, -0.1) is 0 Å². The van der Waals surface area contributed by atoms with Crippen LogP contribution in [0.4, 0.5) is 5.69 Å². The molecule has 1 atom stereocenters. The fourth-order valence-corrected chi connectivity index (χ4v) is 6.10. The van der Waals surface area contributed by atoms with Gasteiger partial charge in [0.05, 0.1) is 0 Å². The van der Waals surface area contributed by atoms with Gasteiger partial charge < -0.3 is 14.6 Å². The molecule has 0 radical (unpaired) electrons. The lowest BCUT2D eigenvalue weighted by Crippen LogP contribution is -2.21. The summed E-state index contributed by atoms with van der Waals surface area (Å²) in [7, 11) is 0. The summed E-state index contributed by atoms with van der Waals surface area (Å²) in [6.07, 6.45) is 9.27. The molecule has 0 aliphatic carbocycles. The molecule has 46 heavy (non-hydrogen) atoms. The molecule has 5 aromatic carbocycles. The van der Waals surface area contributed by atoms with Crippen molar-refractivity contribution in [3.8, 4) is 11.1 Å². The topological polar surface area (TPSA) is 26.2 Å². The van der Waals surface area contributed by atoms with Gasteiger partial charge in [0.1, 0.15) is 6.61 Å². The molecular weight excluding hydrogens is 560 g/mol. The van der Waals surface area contributed by atoms with Crippen molar-refractivity contribution in [2.24, 2.45) is 0 Å². The largest absolute Gasteiger partial charge is 0.475 e. The van der Waals surface area contributed by atoms with Crippen molar-refractivity contribution in [2.75, 3.05) is 11.9 Å². The molecule has 0 saturated heterocycles. The molecule has 3 heteroatoms. The van der Waals surface area contributed by atoms with Crippen LogP contribution in [0.15, 0.2) is 164 Å². The second-order valence-corrected chi connectivity index (χ2v) is 12.6. The minimum atomic E-state index is -0.0215. The first-order valence-electron chi connectivity index (χ1n) is 16.0. The van der Waals surface area contributed by atoms with E-state index >= 15 is 0 Å². The first-order chi connectivity index (χ1) is 22.4. The summed E-state index contributed by atoms with van der Waals surface area (Å²) in [5.41, 5.74) is 8.32. The summed E-state index contributed by atoms with van der Waals surface area (Å²) in [6.45, 7) is 11.1. The second-order valence-electron chi connectivity index (χ2n) is 12.6. The molecule has 6 aromatic rings. The van der Waals surface area contributed by atoms with E-state index in [9.17, 15) is 0 Å². The number of para-hydroxylation sites is 1. The average Bonchev–Trinajstić information content (AvgIpc) is 3.42. The van der Waals surface area contributed by atoms with Crippen LogP contribution in [0, 0.1) is 0 Å². The molecule has 1 heterocycles. The van der Waals surface area contributed by atoms with Crippen LogP contribution in [-0.4, -0.2) is 11.2 Å². The normalized spacial score (nSPS) is 12.9. The first-order valence-corrected chi connectivity index (χ1v) is 16.0. The van der Waals surface area contributed by atoms with Crippen molar-refractivity contribution in [3.05, 3.63) is 175 Å². The highest BCUT2D eigenvalue weighted by Crippen LogP contribution is 2.36. The van der Waals surface area contributed by atoms with Crippen LogP contribution >= 0.6 is 0 Å². The maximum absolute atomic E-state index is 6.14. The zero-order chi connectivity index (χ0) is 31.9. The molecule has 0 spiro atoms. The highest BCUT2D eigenvalue weighted by Gasteiger charge is 2.20. The number of hydrogen-bond acceptors (Lipinski definition) is 2. The van der Waals surface area contributed by atoms with E-state index in [0.29, 0.717) is 12.5 Å². The molecule has 0 saturated carbocycles. The molecule has 3 nitrogen and oxygen atoms in total. The lowest BCUT2D eigenvalue weighted by Gasteiger charge is -2.24. The van der Waals surface area contributed by atoms with Crippen LogP contribution in [0.1, 0.15) is 37.8 Å². The molecule has 6 rings (SSSR count). The maximum Gasteiger partial charge on any atom is 0.188 e. The predicted octanol–water partition coefficient (Wildman–Crippen LogP) is 11.3. The molecule has 1 N–H and O–H groups in total. The Bertz CT molecular complexity index is 1970. The molecule has 0 amide bonds. The summed E-state index contributed by atoms with van der Waals surface area (Å²) in [5, 5.41) is 6.09. The molecule has 230 valence electrons. The first kappa shape index (κ1) is 30.7. The molecule has 0 aliphatic heterocycles. The lowest BCUT2D eigenvalue weighted by molar-refractivity contribution is 0.252. The number of fused-ring (bicyclic) bond motifs is 3. The van der Waals surface area contributed by atoms with Crippen LogP contribution in [0.25, 0.3) is 32.9 Å². The van der Waals surface area contributed by atoms with Crippen LogP contribution in [-0.2, 0) is 16.7 Å². The summed E-state index contributed by atoms with van der Waals surface area (Å²) in [6, 6.07) is 45.2. The molecule has 1 unspecified atom stereocenters. The van der Waals surface area contributed by atoms with Gasteiger partial charge in [-0.25, -0.2) is 0 Å². The number of nitrogens with zero attached hydrogens (tertiary/aromatic N) is 1. The summed E-state index contributed by atoms with van der Waals surface area (Å²) >= 11 is 0. The average molecular weight is 603 g/mol. The highest BCUT2D eigenvalue weighted by atomic mass is 16.5. The van der Waals surface area contributed by atoms with Crippen LogP contribution in [0.2, 0.25) is 0 Å². The Morgan fingerprint density at radius 3 is 2.13 bits per heavy atom. The van der Waals surface area contributed by atoms with Gasteiger partial charge in [0.15, 0.2) is 5.88 Å². The lowest BCUT2D eigenvalue weighted by atomic mass is 9.97. The van der Waals surface area contributed by atoms with E-state index in [2.05, 4.69) is 177 Å². The van der Waals surface area contributed by atoms with Gasteiger partial charge in [0, 0.05) is 39.0 Å². The van der Waals surface area contributed by atoms with Crippen molar-refractivity contribution in [1.82, 2.24) is 4.57 Å². The Morgan fingerprint density at radius 2 is 1.41 bits per heavy atom. The minimum absolute atomic E-state index is 0.0215. The number of benzene rings is 5. The van der Waals surface area contributed by atoms with Crippen molar-refractivity contribution < 1.29 is 4.74 Å². The van der Waals surface area contributed by atoms with Gasteiger partial charge in [-0.1, -0.05) is 122 Å². The Hall–Kier alpha value is -5.28. The molecular formula is C43H42N2O. The Balaban J connectivity index is 1.27. The number of hydrogen-bond donors (Lipinski definition) is 1. The summed E-state index contributed by atoms with van der Waals surface area (Å²) in [4.78, 5) is 0. The second kappa shape index (κ2) is 13.8. The standard InChI is InChI=1S/C43H42N2O/c1-5-29-46-42(31-35(33-18-10-7-11-19-33)20-14-17-32-15-8-6-9-16-32)44-37-26-23-34(24-27-37)36-25-28-41-39(30-36)38-21-12-13-22-40(38)45(41)43(2,3)4/h5-16,18-28,30-31,35,44H,1,17,29H2,2-4H3/b20-14-,42-31+. The van der Waals surface area contributed by atoms with E-state index in [1.165, 1.54) is 44.1 Å². The van der Waals surface area contributed by atoms with Gasteiger partial charge >= 0.3 is 0 Å².